The number of hydrogen-bond acceptors (Lipinski definition) is 5. The first-order valence-corrected chi connectivity index (χ1v) is 11.2. The van der Waals surface area contributed by atoms with Gasteiger partial charge in [-0.1, -0.05) is 32.9 Å². The average molecular weight is 405 g/mol. The van der Waals surface area contributed by atoms with Crippen LogP contribution < -0.4 is 0 Å². The van der Waals surface area contributed by atoms with Crippen LogP contribution in [0.2, 0.25) is 0 Å². The van der Waals surface area contributed by atoms with Gasteiger partial charge in [-0.25, -0.2) is 0 Å². The molecule has 0 saturated heterocycles. The minimum atomic E-state index is -0.466. The Morgan fingerprint density at radius 1 is 0.966 bits per heavy atom. The number of carbonyl (C=O) groups excluding carboxylic acids is 2. The maximum absolute atomic E-state index is 12.0. The van der Waals surface area contributed by atoms with Crippen molar-refractivity contribution in [2.75, 3.05) is 6.61 Å². The van der Waals surface area contributed by atoms with Crippen molar-refractivity contribution in [2.45, 2.75) is 85.4 Å². The van der Waals surface area contributed by atoms with Crippen LogP contribution in [0.15, 0.2) is 12.2 Å². The first kappa shape index (κ1) is 20.9. The molecule has 0 aromatic heterocycles. The maximum Gasteiger partial charge on any atom is 0.302 e. The average Bonchev–Trinajstić information content (AvgIpc) is 2.80. The molecule has 5 heteroatoms. The Hall–Kier alpha value is -1.36. The number of carbonyl (C=O) groups is 2. The molecule has 1 spiro atoms. The van der Waals surface area contributed by atoms with Gasteiger partial charge in [-0.3, -0.25) is 9.59 Å². The van der Waals surface area contributed by atoms with Crippen molar-refractivity contribution in [1.82, 2.24) is 0 Å². The van der Waals surface area contributed by atoms with Crippen LogP contribution in [0.1, 0.15) is 73.1 Å². The topological polar surface area (TPSA) is 72.8 Å². The van der Waals surface area contributed by atoms with Crippen LogP contribution in [0.3, 0.4) is 0 Å². The molecule has 4 aliphatic carbocycles. The Kier molecular flexibility index (Phi) is 4.73. The Balaban J connectivity index is 1.72. The van der Waals surface area contributed by atoms with Crippen molar-refractivity contribution in [3.8, 4) is 0 Å². The monoisotopic (exact) mass is 404 g/mol. The van der Waals surface area contributed by atoms with Gasteiger partial charge in [-0.2, -0.15) is 0 Å². The highest BCUT2D eigenvalue weighted by atomic mass is 16.5. The summed E-state index contributed by atoms with van der Waals surface area (Å²) in [6, 6.07) is 0. The molecule has 3 saturated carbocycles. The first-order chi connectivity index (χ1) is 13.5. The number of aliphatic hydroxyl groups excluding tert-OH is 1. The van der Waals surface area contributed by atoms with Crippen LogP contribution in [-0.4, -0.2) is 35.9 Å². The molecule has 4 aliphatic rings. The molecule has 5 nitrogen and oxygen atoms in total. The zero-order chi connectivity index (χ0) is 21.2. The van der Waals surface area contributed by atoms with E-state index < -0.39 is 11.5 Å². The van der Waals surface area contributed by atoms with E-state index in [1.54, 1.807) is 0 Å². The van der Waals surface area contributed by atoms with E-state index in [4.69, 9.17) is 9.47 Å². The molecule has 0 radical (unpaired) electrons. The largest absolute Gasteiger partial charge is 0.465 e. The lowest BCUT2D eigenvalue weighted by Gasteiger charge is -2.66. The second-order valence-electron chi connectivity index (χ2n) is 11.0. The zero-order valence-corrected chi connectivity index (χ0v) is 18.5. The van der Waals surface area contributed by atoms with Crippen LogP contribution in [0.5, 0.6) is 0 Å². The van der Waals surface area contributed by atoms with Crippen LogP contribution in [0.25, 0.3) is 0 Å². The number of ether oxygens (including phenoxy) is 2. The Morgan fingerprint density at radius 2 is 1.66 bits per heavy atom. The van der Waals surface area contributed by atoms with Crippen molar-refractivity contribution >= 4 is 11.9 Å². The zero-order valence-electron chi connectivity index (χ0n) is 18.5. The number of esters is 2. The summed E-state index contributed by atoms with van der Waals surface area (Å²) in [6.45, 7) is 9.92. The summed E-state index contributed by atoms with van der Waals surface area (Å²) in [4.78, 5) is 23.5. The van der Waals surface area contributed by atoms with Crippen molar-refractivity contribution in [2.24, 2.45) is 33.5 Å². The summed E-state index contributed by atoms with van der Waals surface area (Å²) in [5.41, 5.74) is -0.629. The molecule has 8 unspecified atom stereocenters. The lowest BCUT2D eigenvalue weighted by atomic mass is 9.39. The van der Waals surface area contributed by atoms with E-state index in [2.05, 4.69) is 32.9 Å². The molecular formula is C24H36O5. The highest BCUT2D eigenvalue weighted by Crippen LogP contribution is 2.72. The fourth-order valence-electron chi connectivity index (χ4n) is 7.98. The van der Waals surface area contributed by atoms with Crippen molar-refractivity contribution in [3.05, 3.63) is 12.2 Å². The predicted octanol–water partition coefficient (Wildman–Crippen LogP) is 4.03. The lowest BCUT2D eigenvalue weighted by Crippen LogP contribution is -2.65. The summed E-state index contributed by atoms with van der Waals surface area (Å²) in [6.07, 6.45) is 9.79. The van der Waals surface area contributed by atoms with Gasteiger partial charge in [0.1, 0.15) is 6.10 Å². The van der Waals surface area contributed by atoms with E-state index in [1.807, 2.05) is 0 Å². The molecule has 1 N–H and O–H groups in total. The highest BCUT2D eigenvalue weighted by Gasteiger charge is 2.69. The summed E-state index contributed by atoms with van der Waals surface area (Å²) >= 11 is 0. The Bertz CT molecular complexity index is 746. The van der Waals surface area contributed by atoms with Gasteiger partial charge in [-0.05, 0) is 55.8 Å². The molecule has 4 rings (SSSR count). The minimum absolute atomic E-state index is 0.0147. The molecule has 2 bridgehead atoms. The van der Waals surface area contributed by atoms with E-state index in [0.717, 1.165) is 38.5 Å². The van der Waals surface area contributed by atoms with E-state index in [1.165, 1.54) is 13.8 Å². The van der Waals surface area contributed by atoms with Gasteiger partial charge in [0.05, 0.1) is 12.7 Å². The van der Waals surface area contributed by atoms with Gasteiger partial charge in [0, 0.05) is 30.1 Å². The molecule has 0 amide bonds. The van der Waals surface area contributed by atoms with Crippen LogP contribution in [0, 0.1) is 33.5 Å². The normalized spacial score (nSPS) is 50.4. The summed E-state index contributed by atoms with van der Waals surface area (Å²) in [5, 5.41) is 11.0. The summed E-state index contributed by atoms with van der Waals surface area (Å²) in [7, 11) is 0. The SMILES string of the molecule is CC(=O)OCC1(C)C(O)CCC2(C)C1CCC13C=CC(C)(CCC21)C3OC(C)=O. The first-order valence-electron chi connectivity index (χ1n) is 11.2. The summed E-state index contributed by atoms with van der Waals surface area (Å²) < 4.78 is 11.5. The predicted molar refractivity (Wildman–Crippen MR) is 109 cm³/mol. The van der Waals surface area contributed by atoms with E-state index in [0.29, 0.717) is 5.92 Å². The van der Waals surface area contributed by atoms with Gasteiger partial charge in [0.2, 0.25) is 0 Å². The fourth-order valence-corrected chi connectivity index (χ4v) is 7.98. The third-order valence-electron chi connectivity index (χ3n) is 9.32. The van der Waals surface area contributed by atoms with E-state index in [-0.39, 0.29) is 46.8 Å². The van der Waals surface area contributed by atoms with Crippen molar-refractivity contribution < 1.29 is 24.2 Å². The quantitative estimate of drug-likeness (QED) is 0.568. The minimum Gasteiger partial charge on any atom is -0.465 e. The van der Waals surface area contributed by atoms with Gasteiger partial charge >= 0.3 is 11.9 Å². The van der Waals surface area contributed by atoms with Crippen molar-refractivity contribution in [3.63, 3.8) is 0 Å². The van der Waals surface area contributed by atoms with Crippen LogP contribution in [-0.2, 0) is 19.1 Å². The Labute approximate surface area is 174 Å². The number of aliphatic hydroxyl groups is 1. The van der Waals surface area contributed by atoms with E-state index in [9.17, 15) is 14.7 Å². The number of fused-ring (bicyclic) bond motifs is 3. The fraction of sp³-hybridized carbons (Fsp3) is 0.833. The molecule has 0 aromatic carbocycles. The smallest absolute Gasteiger partial charge is 0.302 e. The summed E-state index contributed by atoms with van der Waals surface area (Å²) in [5.74, 6) is 0.176. The van der Waals surface area contributed by atoms with Crippen molar-refractivity contribution in [1.29, 1.82) is 0 Å². The van der Waals surface area contributed by atoms with E-state index >= 15 is 0 Å². The highest BCUT2D eigenvalue weighted by molar-refractivity contribution is 5.67. The van der Waals surface area contributed by atoms with Gasteiger partial charge in [0.15, 0.2) is 0 Å². The van der Waals surface area contributed by atoms with Gasteiger partial charge in [0.25, 0.3) is 0 Å². The number of rotatable bonds is 3. The number of hydrogen-bond donors (Lipinski definition) is 1. The molecule has 3 fully saturated rings. The standard InChI is InChI=1S/C24H36O5/c1-15(25)28-14-23(5)17-7-11-24-13-12-21(3,20(24)29-16(2)26)9-6-18(24)22(17,4)10-8-19(23)27/h12-13,17-20,27H,6-11,14H2,1-5H3. The lowest BCUT2D eigenvalue weighted by molar-refractivity contribution is -0.227. The molecule has 0 aromatic rings. The van der Waals surface area contributed by atoms with Gasteiger partial charge < -0.3 is 14.6 Å². The third-order valence-corrected chi connectivity index (χ3v) is 9.32. The molecule has 162 valence electrons. The Morgan fingerprint density at radius 3 is 2.31 bits per heavy atom. The third kappa shape index (κ3) is 2.83. The molecule has 0 heterocycles. The second kappa shape index (κ2) is 6.57. The molecule has 8 atom stereocenters. The van der Waals surface area contributed by atoms with Crippen LogP contribution >= 0.6 is 0 Å². The maximum atomic E-state index is 12.0. The van der Waals surface area contributed by atoms with Crippen LogP contribution in [0.4, 0.5) is 0 Å². The van der Waals surface area contributed by atoms with Gasteiger partial charge in [-0.15, -0.1) is 0 Å². The molecular weight excluding hydrogens is 368 g/mol. The second-order valence-corrected chi connectivity index (χ2v) is 11.0. The molecule has 29 heavy (non-hydrogen) atoms. The molecule has 0 aliphatic heterocycles.